The topological polar surface area (TPSA) is 94.2 Å². The van der Waals surface area contributed by atoms with Gasteiger partial charge in [0.25, 0.3) is 0 Å². The summed E-state index contributed by atoms with van der Waals surface area (Å²) in [5.74, 6) is -1.70. The van der Waals surface area contributed by atoms with Crippen LogP contribution in [0.4, 0.5) is 10.1 Å². The number of amides is 2. The Morgan fingerprint density at radius 1 is 1.23 bits per heavy atom. The van der Waals surface area contributed by atoms with Gasteiger partial charge >= 0.3 is 5.97 Å². The summed E-state index contributed by atoms with van der Waals surface area (Å²) in [4.78, 5) is 39.4. The molecule has 2 unspecified atom stereocenters. The first kappa shape index (κ1) is 21.1. The van der Waals surface area contributed by atoms with Crippen molar-refractivity contribution in [2.75, 3.05) is 19.5 Å². The first-order chi connectivity index (χ1) is 14.8. The summed E-state index contributed by atoms with van der Waals surface area (Å²) in [5, 5.41) is 2.52. The minimum absolute atomic E-state index is 0.0114. The van der Waals surface area contributed by atoms with Gasteiger partial charge in [-0.05, 0) is 36.8 Å². The number of nitrogens with zero attached hydrogens (tertiary/aromatic N) is 1. The van der Waals surface area contributed by atoms with Gasteiger partial charge in [-0.2, -0.15) is 0 Å². The number of benzene rings is 2. The van der Waals surface area contributed by atoms with Gasteiger partial charge in [-0.1, -0.05) is 15.9 Å². The third kappa shape index (κ3) is 3.60. The fourth-order valence-electron chi connectivity index (χ4n) is 3.85. The molecule has 2 aromatic carbocycles. The van der Waals surface area contributed by atoms with Crippen LogP contribution in [0.1, 0.15) is 35.0 Å². The lowest BCUT2D eigenvalue weighted by Crippen LogP contribution is -2.44. The van der Waals surface area contributed by atoms with Crippen LogP contribution in [0.2, 0.25) is 0 Å². The van der Waals surface area contributed by atoms with Crippen LogP contribution >= 0.6 is 15.9 Å². The molecule has 8 nitrogen and oxygen atoms in total. The zero-order valence-corrected chi connectivity index (χ0v) is 18.2. The number of ether oxygens (including phenoxy) is 3. The van der Waals surface area contributed by atoms with Gasteiger partial charge in [-0.15, -0.1) is 0 Å². The number of methoxy groups -OCH3 is 2. The second kappa shape index (κ2) is 8.18. The molecule has 4 rings (SSSR count). The van der Waals surface area contributed by atoms with Crippen molar-refractivity contribution < 1.29 is 33.0 Å². The number of cyclic esters (lactones) is 1. The number of hydrogen-bond donors (Lipinski definition) is 1. The van der Waals surface area contributed by atoms with E-state index in [4.69, 9.17) is 14.2 Å². The normalized spacial score (nSPS) is 19.8. The van der Waals surface area contributed by atoms with Gasteiger partial charge in [0.1, 0.15) is 17.4 Å². The molecular formula is C21H18BrFN2O6. The summed E-state index contributed by atoms with van der Waals surface area (Å²) in [6.45, 7) is 0. The Morgan fingerprint density at radius 3 is 2.68 bits per heavy atom. The van der Waals surface area contributed by atoms with Crippen LogP contribution in [-0.2, 0) is 14.3 Å². The molecule has 2 aliphatic rings. The van der Waals surface area contributed by atoms with E-state index in [0.717, 1.165) is 0 Å². The zero-order chi connectivity index (χ0) is 22.3. The predicted octanol–water partition coefficient (Wildman–Crippen LogP) is 3.40. The number of anilines is 1. The molecule has 2 aromatic rings. The lowest BCUT2D eigenvalue weighted by Gasteiger charge is -2.29. The Hall–Kier alpha value is -3.14. The quantitative estimate of drug-likeness (QED) is 0.642. The molecule has 1 N–H and O–H groups in total. The highest BCUT2D eigenvalue weighted by molar-refractivity contribution is 9.10. The lowest BCUT2D eigenvalue weighted by atomic mass is 10.1. The highest BCUT2D eigenvalue weighted by Crippen LogP contribution is 2.45. The molecule has 2 heterocycles. The van der Waals surface area contributed by atoms with Crippen molar-refractivity contribution in [3.05, 3.63) is 51.7 Å². The number of hydrogen-bond acceptors (Lipinski definition) is 6. The summed E-state index contributed by atoms with van der Waals surface area (Å²) in [6.07, 6.45) is -0.792. The third-order valence-electron chi connectivity index (χ3n) is 5.27. The number of carbonyl (C=O) groups is 3. The summed E-state index contributed by atoms with van der Waals surface area (Å²) in [7, 11) is 2.83. The highest BCUT2D eigenvalue weighted by atomic mass is 79.9. The Labute approximate surface area is 185 Å². The van der Waals surface area contributed by atoms with Crippen molar-refractivity contribution >= 4 is 39.4 Å². The van der Waals surface area contributed by atoms with E-state index in [1.807, 2.05) is 0 Å². The van der Waals surface area contributed by atoms with Gasteiger partial charge in [0, 0.05) is 16.5 Å². The molecule has 0 aliphatic carbocycles. The first-order valence-corrected chi connectivity index (χ1v) is 10.2. The molecular weight excluding hydrogens is 475 g/mol. The summed E-state index contributed by atoms with van der Waals surface area (Å²) >= 11 is 3.16. The van der Waals surface area contributed by atoms with Crippen LogP contribution in [0.25, 0.3) is 0 Å². The second-order valence-corrected chi connectivity index (χ2v) is 7.91. The molecule has 2 atom stereocenters. The average Bonchev–Trinajstić information content (AvgIpc) is 3.29. The number of rotatable bonds is 5. The third-order valence-corrected chi connectivity index (χ3v) is 5.76. The smallest absolute Gasteiger partial charge is 0.344 e. The molecule has 162 valence electrons. The van der Waals surface area contributed by atoms with E-state index in [1.165, 1.54) is 31.3 Å². The van der Waals surface area contributed by atoms with E-state index >= 15 is 0 Å². The number of halogens is 2. The number of carbonyl (C=O) groups excluding carboxylic acids is 3. The van der Waals surface area contributed by atoms with E-state index in [9.17, 15) is 18.8 Å². The molecule has 2 aliphatic heterocycles. The van der Waals surface area contributed by atoms with Crippen molar-refractivity contribution in [2.45, 2.75) is 25.1 Å². The van der Waals surface area contributed by atoms with Crippen molar-refractivity contribution in [1.82, 2.24) is 4.90 Å². The van der Waals surface area contributed by atoms with Crippen LogP contribution in [-0.4, -0.2) is 42.9 Å². The monoisotopic (exact) mass is 492 g/mol. The highest BCUT2D eigenvalue weighted by Gasteiger charge is 2.47. The lowest BCUT2D eigenvalue weighted by molar-refractivity contribution is -0.144. The molecule has 1 fully saturated rings. The minimum atomic E-state index is -1.09. The number of esters is 1. The van der Waals surface area contributed by atoms with Crippen molar-refractivity contribution in [3.8, 4) is 11.5 Å². The maximum absolute atomic E-state index is 14.2. The zero-order valence-electron chi connectivity index (χ0n) is 16.6. The standard InChI is InChI=1S/C21H18BrFN2O6/c1-29-15-7-4-11-17(18(15)30-2)21(28)31-20(11)25-14(6-8-16(25)26)19(27)24-13-5-3-10(22)9-12(13)23/h3-5,7,9,14,20H,6,8H2,1-2H3,(H,24,27). The van der Waals surface area contributed by atoms with Crippen LogP contribution < -0.4 is 14.8 Å². The largest absolute Gasteiger partial charge is 0.493 e. The summed E-state index contributed by atoms with van der Waals surface area (Å²) < 4.78 is 30.7. The second-order valence-electron chi connectivity index (χ2n) is 6.99. The predicted molar refractivity (Wildman–Crippen MR) is 110 cm³/mol. The molecule has 0 saturated carbocycles. The number of nitrogens with one attached hydrogen (secondary N) is 1. The molecule has 0 radical (unpaired) electrons. The Bertz CT molecular complexity index is 1090. The Morgan fingerprint density at radius 2 is 2.00 bits per heavy atom. The summed E-state index contributed by atoms with van der Waals surface area (Å²) in [5.41, 5.74) is 0.526. The van der Waals surface area contributed by atoms with Gasteiger partial charge in [0.05, 0.1) is 19.9 Å². The number of likely N-dealkylation sites (tertiary alicyclic amines) is 1. The van der Waals surface area contributed by atoms with E-state index < -0.39 is 30.0 Å². The summed E-state index contributed by atoms with van der Waals surface area (Å²) in [6, 6.07) is 6.49. The molecule has 2 amide bonds. The average molecular weight is 493 g/mol. The minimum Gasteiger partial charge on any atom is -0.493 e. The fraction of sp³-hybridized carbons (Fsp3) is 0.286. The van der Waals surface area contributed by atoms with Gasteiger partial charge < -0.3 is 19.5 Å². The maximum Gasteiger partial charge on any atom is 0.344 e. The molecule has 10 heteroatoms. The fourth-order valence-corrected chi connectivity index (χ4v) is 4.18. The van der Waals surface area contributed by atoms with E-state index in [2.05, 4.69) is 21.2 Å². The van der Waals surface area contributed by atoms with Crippen molar-refractivity contribution in [2.24, 2.45) is 0 Å². The van der Waals surface area contributed by atoms with E-state index in [0.29, 0.717) is 15.8 Å². The molecule has 31 heavy (non-hydrogen) atoms. The van der Waals surface area contributed by atoms with Gasteiger partial charge in [0.15, 0.2) is 11.5 Å². The SMILES string of the molecule is COc1ccc2c(c1OC)C(=O)OC2N1C(=O)CCC1C(=O)Nc1ccc(Br)cc1F. The first-order valence-electron chi connectivity index (χ1n) is 9.38. The van der Waals surface area contributed by atoms with Gasteiger partial charge in [0.2, 0.25) is 18.0 Å². The van der Waals surface area contributed by atoms with Gasteiger partial charge in [-0.25, -0.2) is 9.18 Å². The Balaban J connectivity index is 1.65. The molecule has 0 bridgehead atoms. The number of fused-ring (bicyclic) bond motifs is 1. The molecule has 1 saturated heterocycles. The van der Waals surface area contributed by atoms with Crippen LogP contribution in [0.5, 0.6) is 11.5 Å². The van der Waals surface area contributed by atoms with Crippen molar-refractivity contribution in [3.63, 3.8) is 0 Å². The van der Waals surface area contributed by atoms with E-state index in [1.54, 1.807) is 18.2 Å². The van der Waals surface area contributed by atoms with Crippen molar-refractivity contribution in [1.29, 1.82) is 0 Å². The molecule has 0 spiro atoms. The van der Waals surface area contributed by atoms with Crippen LogP contribution in [0, 0.1) is 5.82 Å². The molecule has 0 aromatic heterocycles. The van der Waals surface area contributed by atoms with E-state index in [-0.39, 0.29) is 35.7 Å². The van der Waals surface area contributed by atoms with Gasteiger partial charge in [-0.3, -0.25) is 14.5 Å². The maximum atomic E-state index is 14.2. The Kier molecular flexibility index (Phi) is 5.57. The van der Waals surface area contributed by atoms with Crippen LogP contribution in [0.3, 0.4) is 0 Å². The van der Waals surface area contributed by atoms with Crippen LogP contribution in [0.15, 0.2) is 34.8 Å².